The molecule has 0 bridgehead atoms. The molecule has 1 aromatic heterocycles. The van der Waals surface area contributed by atoms with Crippen molar-refractivity contribution in [2.45, 2.75) is 12.7 Å². The molecule has 0 fully saturated rings. The van der Waals surface area contributed by atoms with Crippen LogP contribution in [0.5, 0.6) is 0 Å². The number of rotatable bonds is 4. The SMILES string of the molecule is FC(F)(F)c1ccn(CCNc2ccc(Br)cc2)n1. The first-order valence-corrected chi connectivity index (χ1v) is 6.34. The summed E-state index contributed by atoms with van der Waals surface area (Å²) in [6, 6.07) is 8.51. The number of nitrogens with one attached hydrogen (secondary N) is 1. The number of nitrogens with zero attached hydrogens (tertiary/aromatic N) is 2. The first-order valence-electron chi connectivity index (χ1n) is 5.55. The Morgan fingerprint density at radius 2 is 1.84 bits per heavy atom. The van der Waals surface area contributed by atoms with Gasteiger partial charge in [0.25, 0.3) is 0 Å². The highest BCUT2D eigenvalue weighted by Crippen LogP contribution is 2.27. The zero-order valence-corrected chi connectivity index (χ0v) is 11.4. The highest BCUT2D eigenvalue weighted by atomic mass is 79.9. The Kier molecular flexibility index (Phi) is 4.14. The molecule has 3 nitrogen and oxygen atoms in total. The summed E-state index contributed by atoms with van der Waals surface area (Å²) in [6.45, 7) is 0.868. The van der Waals surface area contributed by atoms with Gasteiger partial charge in [0, 0.05) is 22.9 Å². The van der Waals surface area contributed by atoms with Crippen LogP contribution in [0.1, 0.15) is 5.69 Å². The zero-order valence-electron chi connectivity index (χ0n) is 9.78. The van der Waals surface area contributed by atoms with Crippen LogP contribution in [-0.4, -0.2) is 16.3 Å². The topological polar surface area (TPSA) is 29.9 Å². The lowest BCUT2D eigenvalue weighted by Crippen LogP contribution is -2.13. The van der Waals surface area contributed by atoms with Gasteiger partial charge in [-0.15, -0.1) is 0 Å². The molecule has 0 atom stereocenters. The van der Waals surface area contributed by atoms with Crippen LogP contribution in [0.15, 0.2) is 41.0 Å². The summed E-state index contributed by atoms with van der Waals surface area (Å²) >= 11 is 3.32. The van der Waals surface area contributed by atoms with Gasteiger partial charge < -0.3 is 5.32 Å². The second-order valence-electron chi connectivity index (χ2n) is 3.90. The maximum absolute atomic E-state index is 12.3. The van der Waals surface area contributed by atoms with E-state index in [1.54, 1.807) is 0 Å². The predicted molar refractivity (Wildman–Crippen MR) is 69.9 cm³/mol. The number of alkyl halides is 3. The normalized spacial score (nSPS) is 11.6. The number of aromatic nitrogens is 2. The molecule has 0 aliphatic carbocycles. The van der Waals surface area contributed by atoms with E-state index in [1.165, 1.54) is 10.9 Å². The number of hydrogen-bond acceptors (Lipinski definition) is 2. The van der Waals surface area contributed by atoms with Gasteiger partial charge in [-0.05, 0) is 30.3 Å². The highest BCUT2D eigenvalue weighted by Gasteiger charge is 2.33. The summed E-state index contributed by atoms with van der Waals surface area (Å²) in [5, 5.41) is 6.58. The van der Waals surface area contributed by atoms with Crippen LogP contribution in [0.4, 0.5) is 18.9 Å². The third kappa shape index (κ3) is 3.99. The fraction of sp³-hybridized carbons (Fsp3) is 0.250. The van der Waals surface area contributed by atoms with Crippen molar-refractivity contribution in [3.63, 3.8) is 0 Å². The smallest absolute Gasteiger partial charge is 0.383 e. The van der Waals surface area contributed by atoms with Crippen molar-refractivity contribution >= 4 is 21.6 Å². The van der Waals surface area contributed by atoms with Crippen molar-refractivity contribution in [1.82, 2.24) is 9.78 Å². The average molecular weight is 334 g/mol. The molecular formula is C12H11BrF3N3. The highest BCUT2D eigenvalue weighted by molar-refractivity contribution is 9.10. The second-order valence-corrected chi connectivity index (χ2v) is 4.81. The molecule has 1 heterocycles. The minimum atomic E-state index is -4.38. The Morgan fingerprint density at radius 3 is 2.42 bits per heavy atom. The van der Waals surface area contributed by atoms with Crippen molar-refractivity contribution in [1.29, 1.82) is 0 Å². The first kappa shape index (κ1) is 13.9. The third-order valence-electron chi connectivity index (χ3n) is 2.45. The largest absolute Gasteiger partial charge is 0.435 e. The van der Waals surface area contributed by atoms with Gasteiger partial charge in [-0.1, -0.05) is 15.9 Å². The quantitative estimate of drug-likeness (QED) is 0.922. The monoisotopic (exact) mass is 333 g/mol. The van der Waals surface area contributed by atoms with Gasteiger partial charge in [0.1, 0.15) is 0 Å². The Labute approximate surface area is 116 Å². The van der Waals surface area contributed by atoms with Gasteiger partial charge in [0.15, 0.2) is 5.69 Å². The molecule has 2 rings (SSSR count). The molecule has 1 aromatic carbocycles. The maximum atomic E-state index is 12.3. The van der Waals surface area contributed by atoms with Gasteiger partial charge in [-0.25, -0.2) is 0 Å². The summed E-state index contributed by atoms with van der Waals surface area (Å²) in [6.07, 6.45) is -3.06. The van der Waals surface area contributed by atoms with Crippen LogP contribution in [0, 0.1) is 0 Å². The molecule has 0 unspecified atom stereocenters. The molecule has 7 heteroatoms. The number of hydrogen-bond donors (Lipinski definition) is 1. The van der Waals surface area contributed by atoms with E-state index in [2.05, 4.69) is 26.3 Å². The molecule has 19 heavy (non-hydrogen) atoms. The first-order chi connectivity index (χ1) is 8.95. The van der Waals surface area contributed by atoms with Crippen LogP contribution in [-0.2, 0) is 12.7 Å². The average Bonchev–Trinajstić information content (AvgIpc) is 2.80. The third-order valence-corrected chi connectivity index (χ3v) is 2.97. The van der Waals surface area contributed by atoms with Crippen molar-refractivity contribution in [2.75, 3.05) is 11.9 Å². The van der Waals surface area contributed by atoms with E-state index in [-0.39, 0.29) is 0 Å². The summed E-state index contributed by atoms with van der Waals surface area (Å²) in [5.74, 6) is 0. The lowest BCUT2D eigenvalue weighted by molar-refractivity contribution is -0.141. The number of anilines is 1. The molecule has 2 aromatic rings. The Bertz CT molecular complexity index is 534. The van der Waals surface area contributed by atoms with Gasteiger partial charge >= 0.3 is 6.18 Å². The summed E-state index contributed by atoms with van der Waals surface area (Å²) in [7, 11) is 0. The molecule has 1 N–H and O–H groups in total. The fourth-order valence-electron chi connectivity index (χ4n) is 1.52. The van der Waals surface area contributed by atoms with Crippen molar-refractivity contribution in [3.8, 4) is 0 Å². The molecule has 0 amide bonds. The van der Waals surface area contributed by atoms with Crippen LogP contribution in [0.3, 0.4) is 0 Å². The van der Waals surface area contributed by atoms with E-state index in [1.807, 2.05) is 24.3 Å². The molecule has 0 radical (unpaired) electrons. The lowest BCUT2D eigenvalue weighted by atomic mass is 10.3. The van der Waals surface area contributed by atoms with Crippen molar-refractivity contribution in [3.05, 3.63) is 46.7 Å². The van der Waals surface area contributed by atoms with Crippen LogP contribution in [0.25, 0.3) is 0 Å². The molecular weight excluding hydrogens is 323 g/mol. The lowest BCUT2D eigenvalue weighted by Gasteiger charge is -2.07. The Morgan fingerprint density at radius 1 is 1.16 bits per heavy atom. The van der Waals surface area contributed by atoms with Gasteiger partial charge in [0.2, 0.25) is 0 Å². The molecule has 0 spiro atoms. The minimum absolute atomic E-state index is 0.367. The Hall–Kier alpha value is -1.50. The van der Waals surface area contributed by atoms with E-state index in [9.17, 15) is 13.2 Å². The van der Waals surface area contributed by atoms with E-state index < -0.39 is 11.9 Å². The zero-order chi connectivity index (χ0) is 13.9. The molecule has 0 aliphatic rings. The second kappa shape index (κ2) is 5.64. The number of halogens is 4. The van der Waals surface area contributed by atoms with Gasteiger partial charge in [-0.2, -0.15) is 18.3 Å². The Balaban J connectivity index is 1.86. The summed E-state index contributed by atoms with van der Waals surface area (Å²) in [5.41, 5.74) is 0.0440. The minimum Gasteiger partial charge on any atom is -0.383 e. The van der Waals surface area contributed by atoms with Crippen molar-refractivity contribution in [2.24, 2.45) is 0 Å². The molecule has 102 valence electrons. The fourth-order valence-corrected chi connectivity index (χ4v) is 1.78. The van der Waals surface area contributed by atoms with E-state index in [0.29, 0.717) is 13.1 Å². The molecule has 0 saturated carbocycles. The number of benzene rings is 1. The summed E-state index contributed by atoms with van der Waals surface area (Å²) in [4.78, 5) is 0. The summed E-state index contributed by atoms with van der Waals surface area (Å²) < 4.78 is 39.2. The van der Waals surface area contributed by atoms with Gasteiger partial charge in [-0.3, -0.25) is 4.68 Å². The van der Waals surface area contributed by atoms with Gasteiger partial charge in [0.05, 0.1) is 6.54 Å². The maximum Gasteiger partial charge on any atom is 0.435 e. The molecule has 0 saturated heterocycles. The predicted octanol–water partition coefficient (Wildman–Crippen LogP) is 3.78. The van der Waals surface area contributed by atoms with E-state index in [4.69, 9.17) is 0 Å². The van der Waals surface area contributed by atoms with Crippen molar-refractivity contribution < 1.29 is 13.2 Å². The van der Waals surface area contributed by atoms with Crippen LogP contribution < -0.4 is 5.32 Å². The van der Waals surface area contributed by atoms with E-state index in [0.717, 1.165) is 16.2 Å². The van der Waals surface area contributed by atoms with Crippen LogP contribution in [0.2, 0.25) is 0 Å². The van der Waals surface area contributed by atoms with Crippen LogP contribution >= 0.6 is 15.9 Å². The molecule has 0 aliphatic heterocycles. The standard InChI is InChI=1S/C12H11BrF3N3/c13-9-1-3-10(4-2-9)17-6-8-19-7-5-11(18-19)12(14,15)16/h1-5,7,17H,6,8H2. The van der Waals surface area contributed by atoms with E-state index >= 15 is 0 Å².